The highest BCUT2D eigenvalue weighted by atomic mass is 28.4. The van der Waals surface area contributed by atoms with Crippen molar-refractivity contribution in [3.8, 4) is 0 Å². The fraction of sp³-hybridized carbons (Fsp3) is 0.833. The van der Waals surface area contributed by atoms with Crippen LogP contribution in [0.5, 0.6) is 0 Å². The molecule has 0 amide bonds. The molecule has 0 aromatic rings. The summed E-state index contributed by atoms with van der Waals surface area (Å²) in [6, 6.07) is 1.07. The maximum absolute atomic E-state index is 11.1. The molecule has 0 heterocycles. The number of hydrogen-bond donors (Lipinski definition) is 0. The lowest BCUT2D eigenvalue weighted by Gasteiger charge is -2.37. The summed E-state index contributed by atoms with van der Waals surface area (Å²) in [6.45, 7) is 14.2. The van der Waals surface area contributed by atoms with E-state index in [2.05, 4.69) is 41.5 Å². The van der Waals surface area contributed by atoms with Crippen LogP contribution in [0.3, 0.4) is 0 Å². The summed E-state index contributed by atoms with van der Waals surface area (Å²) < 4.78 is 5.65. The molecule has 0 aromatic heterocycles. The minimum Gasteiger partial charge on any atom is -0.518 e. The Morgan fingerprint density at radius 3 is 2.00 bits per heavy atom. The fourth-order valence-electron chi connectivity index (χ4n) is 2.20. The average Bonchev–Trinajstić information content (AvgIpc) is 2.10. The molecule has 15 heavy (non-hydrogen) atoms. The second-order valence-corrected chi connectivity index (χ2v) is 9.77. The van der Waals surface area contributed by atoms with Crippen molar-refractivity contribution in [3.63, 3.8) is 0 Å². The monoisotopic (exact) mass is 229 g/mol. The molecule has 0 unspecified atom stereocenters. The molecule has 0 N–H and O–H groups in total. The van der Waals surface area contributed by atoms with E-state index in [-0.39, 0.29) is 5.97 Å². The van der Waals surface area contributed by atoms with Gasteiger partial charge >= 0.3 is 0 Å². The minimum atomic E-state index is -1.95. The van der Waals surface area contributed by atoms with Gasteiger partial charge in [0.25, 0.3) is 14.3 Å². The lowest BCUT2D eigenvalue weighted by molar-refractivity contribution is -0.130. The van der Waals surface area contributed by atoms with E-state index < -0.39 is 8.32 Å². The van der Waals surface area contributed by atoms with Gasteiger partial charge in [-0.05, 0) is 17.1 Å². The van der Waals surface area contributed by atoms with Crippen LogP contribution in [0, 0.1) is 6.92 Å². The van der Waals surface area contributed by atoms with Crippen molar-refractivity contribution in [1.29, 1.82) is 0 Å². The maximum Gasteiger partial charge on any atom is 0.293 e. The quantitative estimate of drug-likeness (QED) is 0.645. The normalized spacial score (nSPS) is 12.3. The molecule has 0 bridgehead atoms. The number of unbranched alkanes of at least 4 members (excludes halogenated alkanes) is 1. The Labute approximate surface area is 95.5 Å². The van der Waals surface area contributed by atoms with Crippen molar-refractivity contribution in [2.24, 2.45) is 0 Å². The smallest absolute Gasteiger partial charge is 0.293 e. The summed E-state index contributed by atoms with van der Waals surface area (Å²) in [5.74, 6) is -0.347. The maximum atomic E-state index is 11.1. The molecule has 0 aliphatic rings. The number of hydrogen-bond acceptors (Lipinski definition) is 2. The molecule has 0 atom stereocenters. The standard InChI is InChI=1S/C12H25O2Si/c1-7-8-9-15(10(2)3,11(4)5)14-12(6)13/h10-11H,6-9H2,1-5H3. The molecular weight excluding hydrogens is 204 g/mol. The van der Waals surface area contributed by atoms with Gasteiger partial charge in [-0.15, -0.1) is 0 Å². The van der Waals surface area contributed by atoms with Crippen molar-refractivity contribution in [3.05, 3.63) is 6.92 Å². The molecule has 0 saturated heterocycles. The summed E-state index contributed by atoms with van der Waals surface area (Å²) >= 11 is 0. The Kier molecular flexibility index (Phi) is 6.18. The Morgan fingerprint density at radius 2 is 1.73 bits per heavy atom. The molecule has 0 aromatic carbocycles. The van der Waals surface area contributed by atoms with E-state index in [9.17, 15) is 4.79 Å². The highest BCUT2D eigenvalue weighted by Gasteiger charge is 2.43. The van der Waals surface area contributed by atoms with E-state index in [0.717, 1.165) is 18.9 Å². The summed E-state index contributed by atoms with van der Waals surface area (Å²) in [6.07, 6.45) is 2.30. The fourth-order valence-corrected chi connectivity index (χ4v) is 6.59. The van der Waals surface area contributed by atoms with Crippen molar-refractivity contribution < 1.29 is 9.22 Å². The summed E-state index contributed by atoms with van der Waals surface area (Å²) in [5, 5.41) is 0. The third kappa shape index (κ3) is 3.97. The second kappa shape index (κ2) is 6.31. The summed E-state index contributed by atoms with van der Waals surface area (Å²) in [7, 11) is -1.95. The molecule has 2 nitrogen and oxygen atoms in total. The zero-order chi connectivity index (χ0) is 12.1. The zero-order valence-electron chi connectivity index (χ0n) is 10.8. The third-order valence-electron chi connectivity index (χ3n) is 3.18. The highest BCUT2D eigenvalue weighted by molar-refractivity contribution is 6.77. The van der Waals surface area contributed by atoms with Gasteiger partial charge in [0.15, 0.2) is 0 Å². The van der Waals surface area contributed by atoms with Crippen LogP contribution in [0.15, 0.2) is 0 Å². The van der Waals surface area contributed by atoms with Gasteiger partial charge in [-0.2, -0.15) is 0 Å². The van der Waals surface area contributed by atoms with Crippen molar-refractivity contribution in [1.82, 2.24) is 0 Å². The predicted octanol–water partition coefficient (Wildman–Crippen LogP) is 3.93. The van der Waals surface area contributed by atoms with Crippen molar-refractivity contribution in [2.45, 2.75) is 64.6 Å². The van der Waals surface area contributed by atoms with Gasteiger partial charge in [0, 0.05) is 0 Å². The van der Waals surface area contributed by atoms with Crippen LogP contribution in [-0.2, 0) is 9.22 Å². The van der Waals surface area contributed by atoms with E-state index in [1.807, 2.05) is 0 Å². The van der Waals surface area contributed by atoms with Crippen LogP contribution in [0.2, 0.25) is 17.1 Å². The molecule has 0 aliphatic carbocycles. The molecule has 0 aliphatic heterocycles. The van der Waals surface area contributed by atoms with Gasteiger partial charge < -0.3 is 4.43 Å². The summed E-state index contributed by atoms with van der Waals surface area (Å²) in [5.41, 5.74) is 0.935. The first-order valence-electron chi connectivity index (χ1n) is 5.91. The first-order chi connectivity index (χ1) is 6.86. The van der Waals surface area contributed by atoms with Crippen LogP contribution in [0.4, 0.5) is 0 Å². The van der Waals surface area contributed by atoms with Gasteiger partial charge in [-0.25, -0.2) is 0 Å². The van der Waals surface area contributed by atoms with E-state index in [4.69, 9.17) is 4.43 Å². The van der Waals surface area contributed by atoms with Gasteiger partial charge in [0.05, 0.1) is 6.92 Å². The van der Waals surface area contributed by atoms with E-state index in [0.29, 0.717) is 11.1 Å². The van der Waals surface area contributed by atoms with Gasteiger partial charge in [0.2, 0.25) is 0 Å². The van der Waals surface area contributed by atoms with Crippen molar-refractivity contribution >= 4 is 14.3 Å². The summed E-state index contributed by atoms with van der Waals surface area (Å²) in [4.78, 5) is 11.1. The number of carbonyl (C=O) groups is 1. The average molecular weight is 229 g/mol. The van der Waals surface area contributed by atoms with E-state index in [1.54, 1.807) is 0 Å². The molecule has 89 valence electrons. The number of rotatable bonds is 6. The largest absolute Gasteiger partial charge is 0.518 e. The molecule has 1 radical (unpaired) electrons. The molecule has 0 rings (SSSR count). The highest BCUT2D eigenvalue weighted by Crippen LogP contribution is 2.38. The van der Waals surface area contributed by atoms with Crippen LogP contribution < -0.4 is 0 Å². The molecule has 0 fully saturated rings. The van der Waals surface area contributed by atoms with E-state index in [1.165, 1.54) is 0 Å². The minimum absolute atomic E-state index is 0.347. The van der Waals surface area contributed by atoms with Crippen LogP contribution in [-0.4, -0.2) is 14.3 Å². The van der Waals surface area contributed by atoms with Crippen molar-refractivity contribution in [2.75, 3.05) is 0 Å². The van der Waals surface area contributed by atoms with Crippen LogP contribution in [0.25, 0.3) is 0 Å². The Bertz CT molecular complexity index is 192. The SMILES string of the molecule is [CH2]C(=O)O[Si](CCCC)(C(C)C)C(C)C. The van der Waals surface area contributed by atoms with Crippen LogP contribution in [0.1, 0.15) is 47.5 Å². The third-order valence-corrected chi connectivity index (χ3v) is 8.83. The first-order valence-corrected chi connectivity index (χ1v) is 8.18. The first kappa shape index (κ1) is 14.7. The van der Waals surface area contributed by atoms with Crippen LogP contribution >= 0.6 is 0 Å². The Morgan fingerprint density at radius 1 is 1.27 bits per heavy atom. The molecular formula is C12H25O2Si. The Balaban J connectivity index is 4.81. The lowest BCUT2D eigenvalue weighted by atomic mass is 10.4. The molecule has 0 spiro atoms. The van der Waals surface area contributed by atoms with E-state index >= 15 is 0 Å². The zero-order valence-corrected chi connectivity index (χ0v) is 11.8. The van der Waals surface area contributed by atoms with Gasteiger partial charge in [0.1, 0.15) is 0 Å². The topological polar surface area (TPSA) is 26.3 Å². The molecule has 0 saturated carbocycles. The van der Waals surface area contributed by atoms with Gasteiger partial charge in [-0.3, -0.25) is 4.79 Å². The number of carbonyl (C=O) groups excluding carboxylic acids is 1. The Hall–Kier alpha value is -0.313. The molecule has 3 heteroatoms. The predicted molar refractivity (Wildman–Crippen MR) is 67.1 cm³/mol. The second-order valence-electron chi connectivity index (χ2n) is 4.84. The lowest BCUT2D eigenvalue weighted by Crippen LogP contribution is -2.46. The van der Waals surface area contributed by atoms with Gasteiger partial charge in [-0.1, -0.05) is 47.5 Å².